The van der Waals surface area contributed by atoms with Crippen LogP contribution in [0.25, 0.3) is 11.0 Å². The second-order valence-electron chi connectivity index (χ2n) is 12.9. The Bertz CT molecular complexity index is 1440. The van der Waals surface area contributed by atoms with E-state index in [0.29, 0.717) is 22.7 Å². The van der Waals surface area contributed by atoms with Crippen molar-refractivity contribution >= 4 is 28.6 Å². The highest BCUT2D eigenvalue weighted by atomic mass is 19.4. The van der Waals surface area contributed by atoms with E-state index in [4.69, 9.17) is 14.5 Å². The van der Waals surface area contributed by atoms with Gasteiger partial charge in [0, 0.05) is 17.3 Å². The number of hydrogen-bond acceptors (Lipinski definition) is 7. The lowest BCUT2D eigenvalue weighted by Gasteiger charge is -2.45. The van der Waals surface area contributed by atoms with Crippen molar-refractivity contribution in [3.05, 3.63) is 47.5 Å². The van der Waals surface area contributed by atoms with Crippen LogP contribution in [-0.4, -0.2) is 40.2 Å². The van der Waals surface area contributed by atoms with E-state index in [-0.39, 0.29) is 42.3 Å². The zero-order chi connectivity index (χ0) is 30.5. The van der Waals surface area contributed by atoms with Gasteiger partial charge in [0.15, 0.2) is 0 Å². The molecule has 0 radical (unpaired) electrons. The maximum absolute atomic E-state index is 12.7. The third-order valence-electron chi connectivity index (χ3n) is 7.96. The number of rotatable bonds is 7. The number of nitrogens with zero attached hydrogens (tertiary/aromatic N) is 2. The van der Waals surface area contributed by atoms with Crippen molar-refractivity contribution < 1.29 is 37.4 Å². The van der Waals surface area contributed by atoms with Gasteiger partial charge >= 0.3 is 6.36 Å². The average Bonchev–Trinajstić information content (AvgIpc) is 3.46. The van der Waals surface area contributed by atoms with Gasteiger partial charge in [-0.1, -0.05) is 27.7 Å². The maximum Gasteiger partial charge on any atom is 0.573 e. The van der Waals surface area contributed by atoms with Crippen LogP contribution in [0.2, 0.25) is 0 Å². The molecule has 5 rings (SSSR count). The van der Waals surface area contributed by atoms with Crippen molar-refractivity contribution in [3.63, 3.8) is 0 Å². The third kappa shape index (κ3) is 6.35. The van der Waals surface area contributed by atoms with Gasteiger partial charge in [-0.3, -0.25) is 10.0 Å². The number of hydroxylamine groups is 1. The fraction of sp³-hybridized carbons (Fsp3) is 0.533. The largest absolute Gasteiger partial charge is 0.573 e. The molecule has 1 saturated carbocycles. The summed E-state index contributed by atoms with van der Waals surface area (Å²) in [5.74, 6) is -1.79. The number of fused-ring (bicyclic) bond motifs is 1. The molecule has 0 unspecified atom stereocenters. The number of carbonyl (C=O) groups excluding carboxylic acids is 1. The number of aryl methyl sites for hydroxylation is 1. The number of aromatic nitrogens is 2. The Labute approximate surface area is 242 Å². The third-order valence-corrected chi connectivity index (χ3v) is 7.96. The van der Waals surface area contributed by atoms with Crippen LogP contribution < -0.4 is 15.5 Å². The molecule has 42 heavy (non-hydrogen) atoms. The Balaban J connectivity index is 1.61. The lowest BCUT2D eigenvalue weighted by molar-refractivity contribution is -0.274. The van der Waals surface area contributed by atoms with Gasteiger partial charge in [-0.05, 0) is 79.0 Å². The van der Waals surface area contributed by atoms with Crippen LogP contribution in [0.15, 0.2) is 36.4 Å². The van der Waals surface area contributed by atoms with E-state index in [9.17, 15) is 23.2 Å². The number of alkyl halides is 3. The molecular weight excluding hydrogens is 553 g/mol. The molecule has 0 atom stereocenters. The first-order valence-corrected chi connectivity index (χ1v) is 14.0. The van der Waals surface area contributed by atoms with Crippen LogP contribution in [0.4, 0.5) is 24.8 Å². The van der Waals surface area contributed by atoms with Gasteiger partial charge < -0.3 is 24.1 Å². The number of nitrogens with one attached hydrogen (secondary N) is 2. The van der Waals surface area contributed by atoms with Crippen molar-refractivity contribution in [2.24, 2.45) is 10.8 Å². The molecule has 1 aliphatic heterocycles. The normalized spacial score (nSPS) is 20.0. The van der Waals surface area contributed by atoms with E-state index in [2.05, 4.69) is 42.3 Å². The summed E-state index contributed by atoms with van der Waals surface area (Å²) in [4.78, 5) is 17.1. The molecule has 1 aliphatic carbocycles. The smallest absolute Gasteiger partial charge is 0.406 e. The predicted molar refractivity (Wildman–Crippen MR) is 149 cm³/mol. The second-order valence-corrected chi connectivity index (χ2v) is 12.9. The summed E-state index contributed by atoms with van der Waals surface area (Å²) in [6, 6.07) is 9.47. The van der Waals surface area contributed by atoms with E-state index < -0.39 is 18.1 Å². The molecule has 3 aromatic rings. The molecule has 12 heteroatoms. The van der Waals surface area contributed by atoms with Gasteiger partial charge in [-0.25, -0.2) is 10.5 Å². The van der Waals surface area contributed by atoms with Gasteiger partial charge in [0.1, 0.15) is 5.75 Å². The lowest BCUT2D eigenvalue weighted by atomic mass is 9.63. The van der Waals surface area contributed by atoms with E-state index in [1.807, 2.05) is 19.1 Å². The summed E-state index contributed by atoms with van der Waals surface area (Å²) in [6.45, 7) is 11.6. The highest BCUT2D eigenvalue weighted by Gasteiger charge is 2.44. The first-order chi connectivity index (χ1) is 19.6. The number of ether oxygens (including phenoxy) is 3. The van der Waals surface area contributed by atoms with Crippen molar-refractivity contribution in [1.29, 1.82) is 0 Å². The number of hydrogen-bond donors (Lipinski definition) is 3. The first-order valence-electron chi connectivity index (χ1n) is 14.0. The number of benzene rings is 2. The SMILES string of the molecule is Cc1cc2c(cc1C1(CC(=O)NO)OCCO1)nc(Nc1ccc(OC(F)(F)F)cc1)n2C1CC(C)(C)CC(C)(C)C1. The van der Waals surface area contributed by atoms with Crippen LogP contribution in [0.3, 0.4) is 0 Å². The minimum absolute atomic E-state index is 0.0685. The molecule has 228 valence electrons. The summed E-state index contributed by atoms with van der Waals surface area (Å²) in [5, 5.41) is 12.5. The number of halogens is 3. The van der Waals surface area contributed by atoms with Crippen molar-refractivity contribution in [2.45, 2.75) is 78.5 Å². The minimum atomic E-state index is -4.78. The highest BCUT2D eigenvalue weighted by Crippen LogP contribution is 2.52. The summed E-state index contributed by atoms with van der Waals surface area (Å²) >= 11 is 0. The van der Waals surface area contributed by atoms with Crippen LogP contribution in [-0.2, 0) is 20.1 Å². The van der Waals surface area contributed by atoms with Crippen LogP contribution >= 0.6 is 0 Å². The average molecular weight is 591 g/mol. The van der Waals surface area contributed by atoms with Crippen LogP contribution in [0.1, 0.15) is 70.5 Å². The molecule has 0 spiro atoms. The van der Waals surface area contributed by atoms with Gasteiger partial charge in [-0.2, -0.15) is 0 Å². The lowest BCUT2D eigenvalue weighted by Crippen LogP contribution is -2.35. The monoisotopic (exact) mass is 590 g/mol. The Morgan fingerprint density at radius 2 is 1.71 bits per heavy atom. The van der Waals surface area contributed by atoms with Gasteiger partial charge in [-0.15, -0.1) is 13.2 Å². The number of imidazole rings is 1. The molecule has 1 saturated heterocycles. The molecule has 2 fully saturated rings. The zero-order valence-corrected chi connectivity index (χ0v) is 24.4. The molecule has 3 N–H and O–H groups in total. The maximum atomic E-state index is 12.7. The predicted octanol–water partition coefficient (Wildman–Crippen LogP) is 6.86. The van der Waals surface area contributed by atoms with E-state index >= 15 is 0 Å². The Kier molecular flexibility index (Phi) is 7.70. The molecule has 1 aromatic heterocycles. The molecule has 1 amide bonds. The summed E-state index contributed by atoms with van der Waals surface area (Å²) in [6.07, 6.45) is -2.13. The van der Waals surface area contributed by atoms with Crippen molar-refractivity contribution in [1.82, 2.24) is 15.0 Å². The quantitative estimate of drug-likeness (QED) is 0.204. The Morgan fingerprint density at radius 1 is 1.10 bits per heavy atom. The Morgan fingerprint density at radius 3 is 2.29 bits per heavy atom. The number of anilines is 2. The molecular formula is C30H37F3N4O5. The van der Waals surface area contributed by atoms with Gasteiger partial charge in [0.2, 0.25) is 17.6 Å². The summed E-state index contributed by atoms with van der Waals surface area (Å²) < 4.78 is 56.1. The minimum Gasteiger partial charge on any atom is -0.406 e. The topological polar surface area (TPSA) is 107 Å². The second kappa shape index (κ2) is 10.7. The molecule has 0 bridgehead atoms. The summed E-state index contributed by atoms with van der Waals surface area (Å²) in [7, 11) is 0. The molecule has 2 heterocycles. The number of amides is 1. The molecule has 2 aromatic carbocycles. The highest BCUT2D eigenvalue weighted by molar-refractivity contribution is 5.83. The van der Waals surface area contributed by atoms with Gasteiger partial charge in [0.25, 0.3) is 0 Å². The molecule has 2 aliphatic rings. The molecule has 9 nitrogen and oxygen atoms in total. The van der Waals surface area contributed by atoms with Crippen LogP contribution in [0, 0.1) is 17.8 Å². The Hall–Kier alpha value is -3.35. The van der Waals surface area contributed by atoms with E-state index in [1.165, 1.54) is 24.3 Å². The standard InChI is InChI=1S/C30H37F3N4O5/c1-18-12-24-23(13-22(18)29(16-25(38)36-39)40-10-11-41-29)35-26(34-19-6-8-21(9-7-19)42-30(31,32)33)37(24)20-14-27(2,3)17-28(4,5)15-20/h6-9,12-13,20,39H,10-11,14-17H2,1-5H3,(H,34,35)(H,36,38). The first kappa shape index (κ1) is 30.1. The van der Waals surface area contributed by atoms with Crippen molar-refractivity contribution in [3.8, 4) is 5.75 Å². The number of carbonyl (C=O) groups is 1. The van der Waals surface area contributed by atoms with E-state index in [0.717, 1.165) is 30.3 Å². The fourth-order valence-electron chi connectivity index (χ4n) is 7.01. The van der Waals surface area contributed by atoms with Crippen molar-refractivity contribution in [2.75, 3.05) is 18.5 Å². The zero-order valence-electron chi connectivity index (χ0n) is 24.4. The van der Waals surface area contributed by atoms with Crippen LogP contribution in [0.5, 0.6) is 5.75 Å². The van der Waals surface area contributed by atoms with E-state index in [1.54, 1.807) is 5.48 Å². The fourth-order valence-corrected chi connectivity index (χ4v) is 7.01. The van der Waals surface area contributed by atoms with Gasteiger partial charge in [0.05, 0.1) is 30.7 Å². The summed E-state index contributed by atoms with van der Waals surface area (Å²) in [5.41, 5.74) is 5.30.